The van der Waals surface area contributed by atoms with Crippen molar-refractivity contribution in [2.45, 2.75) is 129 Å². The first-order valence-electron chi connectivity index (χ1n) is 16.3. The average Bonchev–Trinajstić information content (AvgIpc) is 2.98. The van der Waals surface area contributed by atoms with Gasteiger partial charge >= 0.3 is 11.9 Å². The predicted molar refractivity (Wildman–Crippen MR) is 179 cm³/mol. The van der Waals surface area contributed by atoms with E-state index in [0.29, 0.717) is 32.2 Å². The van der Waals surface area contributed by atoms with Crippen LogP contribution in [0.3, 0.4) is 0 Å². The van der Waals surface area contributed by atoms with Gasteiger partial charge in [-0.25, -0.2) is 4.79 Å². The fraction of sp³-hybridized carbons (Fsp3) is 0.583. The number of ether oxygens (including phenoxy) is 1. The summed E-state index contributed by atoms with van der Waals surface area (Å²) >= 11 is 0. The van der Waals surface area contributed by atoms with E-state index in [0.717, 1.165) is 70.6 Å². The minimum absolute atomic E-state index is 0.230. The summed E-state index contributed by atoms with van der Waals surface area (Å²) in [4.78, 5) is 35.8. The van der Waals surface area contributed by atoms with Crippen molar-refractivity contribution in [2.75, 3.05) is 6.54 Å². The summed E-state index contributed by atoms with van der Waals surface area (Å²) in [7, 11) is 0. The second kappa shape index (κ2) is 30.3. The lowest BCUT2D eigenvalue weighted by Gasteiger charge is -2.15. The highest BCUT2D eigenvalue weighted by molar-refractivity contribution is 5.83. The highest BCUT2D eigenvalue weighted by Crippen LogP contribution is 2.13. The standard InChI is InChI=1S/C36H58N2O5/c1-3-5-7-8-9-10-11-12-13-14-15-16-17-18-24-30-35(40)43-32(26-21-6-4-2)27-22-19-20-23-29-34(39)38-33(36(41)42)28-25-31-37/h5,7,9-10,12-13,15-16,18,21,24,26,32-33H,3-4,6,8,11,14,17,19-20,22-23,25,27-31,37H2,1-2H3,(H,38,39)(H,41,42)/b7-5-,10-9-,13-12-,16-15-,24-18-,26-21-. The van der Waals surface area contributed by atoms with E-state index in [-0.39, 0.29) is 24.4 Å². The first-order valence-corrected chi connectivity index (χ1v) is 16.3. The summed E-state index contributed by atoms with van der Waals surface area (Å²) in [6.45, 7) is 4.64. The van der Waals surface area contributed by atoms with Crippen molar-refractivity contribution in [3.05, 3.63) is 72.9 Å². The van der Waals surface area contributed by atoms with Gasteiger partial charge in [-0.3, -0.25) is 9.59 Å². The number of carboxylic acid groups (broad SMARTS) is 1. The number of hydrogen-bond donors (Lipinski definition) is 3. The fourth-order valence-corrected chi connectivity index (χ4v) is 4.09. The van der Waals surface area contributed by atoms with Crippen LogP contribution in [0.25, 0.3) is 0 Å². The number of allylic oxidation sites excluding steroid dienone is 10. The number of carboxylic acids is 1. The van der Waals surface area contributed by atoms with Crippen LogP contribution in [0.2, 0.25) is 0 Å². The van der Waals surface area contributed by atoms with E-state index >= 15 is 0 Å². The van der Waals surface area contributed by atoms with E-state index in [4.69, 9.17) is 10.5 Å². The maximum absolute atomic E-state index is 12.4. The van der Waals surface area contributed by atoms with Crippen molar-refractivity contribution in [2.24, 2.45) is 5.73 Å². The summed E-state index contributed by atoms with van der Waals surface area (Å²) in [6, 6.07) is -0.879. The molecule has 0 heterocycles. The van der Waals surface area contributed by atoms with E-state index in [1.165, 1.54) is 0 Å². The molecule has 0 aromatic heterocycles. The van der Waals surface area contributed by atoms with Crippen molar-refractivity contribution in [3.8, 4) is 0 Å². The molecule has 242 valence electrons. The van der Waals surface area contributed by atoms with Crippen LogP contribution < -0.4 is 11.1 Å². The zero-order chi connectivity index (χ0) is 31.8. The molecule has 0 spiro atoms. The molecule has 0 saturated heterocycles. The van der Waals surface area contributed by atoms with Crippen LogP contribution in [-0.4, -0.2) is 41.6 Å². The number of esters is 1. The molecule has 0 aromatic carbocycles. The molecule has 0 rings (SSSR count). The number of aliphatic carboxylic acids is 1. The van der Waals surface area contributed by atoms with Crippen molar-refractivity contribution < 1.29 is 24.2 Å². The molecule has 2 unspecified atom stereocenters. The lowest BCUT2D eigenvalue weighted by Crippen LogP contribution is -2.40. The highest BCUT2D eigenvalue weighted by Gasteiger charge is 2.18. The van der Waals surface area contributed by atoms with Gasteiger partial charge in [0.25, 0.3) is 0 Å². The van der Waals surface area contributed by atoms with Crippen LogP contribution >= 0.6 is 0 Å². The summed E-state index contributed by atoms with van der Waals surface area (Å²) in [5.74, 6) is -1.50. The van der Waals surface area contributed by atoms with Gasteiger partial charge in [0.15, 0.2) is 0 Å². The molecule has 0 saturated carbocycles. The zero-order valence-corrected chi connectivity index (χ0v) is 26.8. The Morgan fingerprint density at radius 2 is 1.33 bits per heavy atom. The lowest BCUT2D eigenvalue weighted by molar-refractivity contribution is -0.146. The molecule has 0 aliphatic carbocycles. The summed E-state index contributed by atoms with van der Waals surface area (Å²) in [5, 5.41) is 11.8. The van der Waals surface area contributed by atoms with Gasteiger partial charge in [0.1, 0.15) is 12.1 Å². The highest BCUT2D eigenvalue weighted by atomic mass is 16.5. The van der Waals surface area contributed by atoms with Crippen molar-refractivity contribution in [1.29, 1.82) is 0 Å². The third-order valence-corrected chi connectivity index (χ3v) is 6.50. The van der Waals surface area contributed by atoms with Gasteiger partial charge in [-0.15, -0.1) is 0 Å². The monoisotopic (exact) mass is 598 g/mol. The molecule has 0 aliphatic rings. The van der Waals surface area contributed by atoms with Gasteiger partial charge < -0.3 is 20.9 Å². The number of carbonyl (C=O) groups is 3. The van der Waals surface area contributed by atoms with Crippen LogP contribution in [0.4, 0.5) is 0 Å². The number of rotatable bonds is 27. The summed E-state index contributed by atoms with van der Waals surface area (Å²) < 4.78 is 5.72. The maximum Gasteiger partial charge on any atom is 0.326 e. The maximum atomic E-state index is 12.4. The first kappa shape index (κ1) is 39.8. The normalized spacial score (nSPS) is 13.7. The largest absolute Gasteiger partial charge is 0.480 e. The van der Waals surface area contributed by atoms with Gasteiger partial charge in [0.2, 0.25) is 5.91 Å². The number of hydrogen-bond acceptors (Lipinski definition) is 5. The van der Waals surface area contributed by atoms with E-state index in [1.807, 2.05) is 18.2 Å². The number of nitrogens with two attached hydrogens (primary N) is 1. The van der Waals surface area contributed by atoms with E-state index < -0.39 is 12.0 Å². The Morgan fingerprint density at radius 3 is 1.88 bits per heavy atom. The third kappa shape index (κ3) is 27.4. The molecule has 2 atom stereocenters. The molecule has 0 bridgehead atoms. The van der Waals surface area contributed by atoms with Gasteiger partial charge in [-0.05, 0) is 83.2 Å². The van der Waals surface area contributed by atoms with Crippen molar-refractivity contribution >= 4 is 17.8 Å². The number of amides is 1. The lowest BCUT2D eigenvalue weighted by atomic mass is 10.1. The van der Waals surface area contributed by atoms with Crippen LogP contribution in [0.1, 0.15) is 117 Å². The topological polar surface area (TPSA) is 119 Å². The van der Waals surface area contributed by atoms with Crippen molar-refractivity contribution in [1.82, 2.24) is 5.32 Å². The third-order valence-electron chi connectivity index (χ3n) is 6.50. The summed E-state index contributed by atoms with van der Waals surface area (Å²) in [6.07, 6.45) is 37.2. The van der Waals surface area contributed by atoms with E-state index in [2.05, 4.69) is 73.8 Å². The molecule has 4 N–H and O–H groups in total. The predicted octanol–water partition coefficient (Wildman–Crippen LogP) is 8.04. The molecule has 0 radical (unpaired) electrons. The molecular weight excluding hydrogens is 540 g/mol. The van der Waals surface area contributed by atoms with E-state index in [9.17, 15) is 19.5 Å². The van der Waals surface area contributed by atoms with Crippen LogP contribution in [0.15, 0.2) is 72.9 Å². The molecule has 0 aromatic rings. The number of carbonyl (C=O) groups excluding carboxylic acids is 2. The van der Waals surface area contributed by atoms with Crippen molar-refractivity contribution in [3.63, 3.8) is 0 Å². The summed E-state index contributed by atoms with van der Waals surface area (Å²) in [5.41, 5.74) is 5.44. The molecule has 0 fully saturated rings. The number of unbranched alkanes of at least 4 members (excludes halogenated alkanes) is 4. The Kier molecular flexibility index (Phi) is 28.0. The SMILES string of the molecule is CC/C=C\C/C=C\C/C=C\C/C=C\C/C=C\CC(=O)OC(/C=C\CCC)CCCCCCC(=O)NC(CCCN)C(=O)O. The smallest absolute Gasteiger partial charge is 0.326 e. The first-order chi connectivity index (χ1) is 20.9. The molecule has 0 aliphatic heterocycles. The van der Waals surface area contributed by atoms with E-state index in [1.54, 1.807) is 0 Å². The minimum Gasteiger partial charge on any atom is -0.480 e. The molecule has 43 heavy (non-hydrogen) atoms. The molecule has 7 heteroatoms. The Morgan fingerprint density at radius 1 is 0.744 bits per heavy atom. The molecular formula is C36H58N2O5. The zero-order valence-electron chi connectivity index (χ0n) is 26.8. The fourth-order valence-electron chi connectivity index (χ4n) is 4.09. The Balaban J connectivity index is 4.25. The van der Waals surface area contributed by atoms with Gasteiger partial charge in [-0.1, -0.05) is 99.9 Å². The Bertz CT molecular complexity index is 901. The average molecular weight is 599 g/mol. The minimum atomic E-state index is -1.03. The van der Waals surface area contributed by atoms with Crippen LogP contribution in [-0.2, 0) is 19.1 Å². The molecule has 1 amide bonds. The quantitative estimate of drug-likeness (QED) is 0.0500. The second-order valence-corrected chi connectivity index (χ2v) is 10.5. The molecule has 7 nitrogen and oxygen atoms in total. The van der Waals surface area contributed by atoms with Gasteiger partial charge in [0.05, 0.1) is 6.42 Å². The Hall–Kier alpha value is -3.19. The van der Waals surface area contributed by atoms with Gasteiger partial charge in [0, 0.05) is 6.42 Å². The van der Waals surface area contributed by atoms with Crippen LogP contribution in [0.5, 0.6) is 0 Å². The van der Waals surface area contributed by atoms with Crippen LogP contribution in [0, 0.1) is 0 Å². The Labute approximate surface area is 261 Å². The van der Waals surface area contributed by atoms with Gasteiger partial charge in [-0.2, -0.15) is 0 Å². The number of nitrogens with one attached hydrogen (secondary N) is 1. The second-order valence-electron chi connectivity index (χ2n) is 10.5.